The van der Waals surface area contributed by atoms with Crippen LogP contribution in [0.2, 0.25) is 0 Å². The van der Waals surface area contributed by atoms with Crippen LogP contribution < -0.4 is 15.5 Å². The molecule has 0 saturated carbocycles. The van der Waals surface area contributed by atoms with Gasteiger partial charge in [0.2, 0.25) is 0 Å². The van der Waals surface area contributed by atoms with E-state index in [1.54, 1.807) is 0 Å². The minimum absolute atomic E-state index is 0.458. The minimum atomic E-state index is -0.556. The molecular formula is C20H26Cl2NOPTi. The van der Waals surface area contributed by atoms with Crippen molar-refractivity contribution in [2.75, 3.05) is 18.0 Å². The van der Waals surface area contributed by atoms with Crippen LogP contribution in [0.1, 0.15) is 36.0 Å². The molecule has 0 aromatic heterocycles. The predicted octanol–water partition coefficient (Wildman–Crippen LogP) is 5.31. The summed E-state index contributed by atoms with van der Waals surface area (Å²) in [5.41, 5.74) is 4.86. The third-order valence-electron chi connectivity index (χ3n) is 4.56. The van der Waals surface area contributed by atoms with E-state index < -0.39 is 17.0 Å². The number of nitrogens with zero attached hydrogens (tertiary/aromatic N) is 1. The van der Waals surface area contributed by atoms with Gasteiger partial charge in [0.15, 0.2) is 0 Å². The van der Waals surface area contributed by atoms with Crippen molar-refractivity contribution >= 4 is 43.5 Å². The van der Waals surface area contributed by atoms with Gasteiger partial charge < -0.3 is 10.0 Å². The Hall–Kier alpha value is -0.236. The van der Waals surface area contributed by atoms with Gasteiger partial charge in [0.25, 0.3) is 0 Å². The topological polar surface area (TPSA) is 23.5 Å². The van der Waals surface area contributed by atoms with Gasteiger partial charge in [0.1, 0.15) is 5.75 Å². The second-order valence-corrected chi connectivity index (χ2v) is 10.6. The number of aromatic hydroxyl groups is 1. The molecule has 2 nitrogen and oxygen atoms in total. The summed E-state index contributed by atoms with van der Waals surface area (Å²) in [4.78, 5) is 2.53. The van der Waals surface area contributed by atoms with Crippen molar-refractivity contribution in [3.63, 3.8) is 0 Å². The molecule has 0 radical (unpaired) electrons. The van der Waals surface area contributed by atoms with Crippen LogP contribution in [0.25, 0.3) is 0 Å². The Labute approximate surface area is 175 Å². The first kappa shape index (κ1) is 22.1. The first-order chi connectivity index (χ1) is 12.5. The number of hydrogen-bond donors (Lipinski definition) is 1. The van der Waals surface area contributed by atoms with Crippen LogP contribution in [0.3, 0.4) is 0 Å². The summed E-state index contributed by atoms with van der Waals surface area (Å²) >= 11 is -0.556. The summed E-state index contributed by atoms with van der Waals surface area (Å²) in [6.45, 7) is 8.55. The van der Waals surface area contributed by atoms with Gasteiger partial charge in [-0.25, -0.2) is 0 Å². The van der Waals surface area contributed by atoms with Crippen molar-refractivity contribution in [3.05, 3.63) is 47.0 Å². The van der Waals surface area contributed by atoms with Gasteiger partial charge in [-0.05, 0) is 68.9 Å². The second-order valence-electron chi connectivity index (χ2n) is 6.74. The molecule has 1 saturated heterocycles. The number of benzene rings is 2. The number of phenols is 1. The maximum absolute atomic E-state index is 10.4. The van der Waals surface area contributed by atoms with Crippen molar-refractivity contribution < 1.29 is 22.1 Å². The molecule has 1 heterocycles. The van der Waals surface area contributed by atoms with E-state index in [9.17, 15) is 5.11 Å². The fraction of sp³-hybridized carbons (Fsp3) is 0.400. The number of piperidine rings is 1. The van der Waals surface area contributed by atoms with E-state index in [-0.39, 0.29) is 0 Å². The summed E-state index contributed by atoms with van der Waals surface area (Å²) in [6, 6.07) is 10.9. The average Bonchev–Trinajstić information content (AvgIpc) is 2.62. The van der Waals surface area contributed by atoms with E-state index >= 15 is 0 Å². The van der Waals surface area contributed by atoms with Gasteiger partial charge in [-0.2, -0.15) is 0 Å². The number of halogens is 2. The van der Waals surface area contributed by atoms with Crippen LogP contribution >= 0.6 is 27.2 Å². The second kappa shape index (κ2) is 10.9. The zero-order valence-electron chi connectivity index (χ0n) is 15.6. The van der Waals surface area contributed by atoms with Gasteiger partial charge in [-0.1, -0.05) is 26.8 Å². The summed E-state index contributed by atoms with van der Waals surface area (Å²) in [5, 5.41) is 12.8. The Kier molecular flexibility index (Phi) is 9.28. The molecule has 26 heavy (non-hydrogen) atoms. The molecule has 2 aromatic carbocycles. The first-order valence-electron chi connectivity index (χ1n) is 8.85. The zero-order chi connectivity index (χ0) is 19.1. The van der Waals surface area contributed by atoms with Crippen molar-refractivity contribution in [1.29, 1.82) is 0 Å². The van der Waals surface area contributed by atoms with E-state index in [2.05, 4.69) is 43.0 Å². The van der Waals surface area contributed by atoms with E-state index in [0.29, 0.717) is 14.3 Å². The Morgan fingerprint density at radius 1 is 0.923 bits per heavy atom. The Morgan fingerprint density at radius 3 is 2.23 bits per heavy atom. The summed E-state index contributed by atoms with van der Waals surface area (Å²) in [6.07, 6.45) is 3.91. The molecule has 0 aliphatic carbocycles. The van der Waals surface area contributed by atoms with Crippen LogP contribution in [-0.4, -0.2) is 18.2 Å². The number of hydrogen-bond acceptors (Lipinski definition) is 2. The Morgan fingerprint density at radius 2 is 1.58 bits per heavy atom. The molecule has 6 heteroatoms. The summed E-state index contributed by atoms with van der Waals surface area (Å²) < 4.78 is 0. The average molecular weight is 446 g/mol. The number of phenolic OH excluding ortho intramolecular Hbond substituents is 1. The monoisotopic (exact) mass is 445 g/mol. The van der Waals surface area contributed by atoms with Crippen molar-refractivity contribution in [1.82, 2.24) is 0 Å². The number of aryl methyl sites for hydroxylation is 3. The van der Waals surface area contributed by atoms with Crippen molar-refractivity contribution in [2.24, 2.45) is 0 Å². The molecule has 1 aliphatic rings. The molecule has 1 atom stereocenters. The van der Waals surface area contributed by atoms with Crippen LogP contribution in [0, 0.1) is 20.8 Å². The molecule has 1 unspecified atom stereocenters. The predicted molar refractivity (Wildman–Crippen MR) is 114 cm³/mol. The third kappa shape index (κ3) is 6.15. The molecule has 0 spiro atoms. The van der Waals surface area contributed by atoms with Crippen LogP contribution in [0.4, 0.5) is 5.69 Å². The molecule has 1 aliphatic heterocycles. The number of anilines is 1. The first-order valence-corrected chi connectivity index (χ1v) is 14.1. The van der Waals surface area contributed by atoms with Gasteiger partial charge in [-0.3, -0.25) is 0 Å². The molecule has 1 fully saturated rings. The van der Waals surface area contributed by atoms with Crippen LogP contribution in [-0.2, 0) is 17.0 Å². The maximum atomic E-state index is 10.4. The summed E-state index contributed by atoms with van der Waals surface area (Å²) in [5.74, 6) is 0.458. The standard InChI is InChI=1S/C20H26NOP.2ClH.Ti/c1-14-7-8-18(17(12-14)21-9-5-4-6-10-21)23-19-13-15(2)11-16(3)20(19)22;;;/h7-8,11-13,22-23H,4-6,9-10H2,1-3H3;2*1H;/q;;;+2/p-2. The molecule has 0 amide bonds. The third-order valence-corrected chi connectivity index (χ3v) is 5.91. The molecule has 1 N–H and O–H groups in total. The Bertz CT molecular complexity index is 736. The molecular weight excluding hydrogens is 420 g/mol. The molecule has 140 valence electrons. The zero-order valence-corrected chi connectivity index (χ0v) is 19.6. The number of rotatable bonds is 3. The molecule has 2 aromatic rings. The van der Waals surface area contributed by atoms with E-state index in [4.69, 9.17) is 18.6 Å². The van der Waals surface area contributed by atoms with Gasteiger partial charge in [0.05, 0.1) is 0 Å². The fourth-order valence-electron chi connectivity index (χ4n) is 3.34. The fourth-order valence-corrected chi connectivity index (χ4v) is 4.77. The van der Waals surface area contributed by atoms with Crippen LogP contribution in [0.5, 0.6) is 5.75 Å². The quantitative estimate of drug-likeness (QED) is 0.510. The Balaban J connectivity index is 0.000000758. The SMILES string of the molecule is Cc1cc(C)c(O)c(Pc2ccc(C)cc2N2CCCCC2)c1.[Cl][Ti][Cl]. The van der Waals surface area contributed by atoms with Gasteiger partial charge in [-0.15, -0.1) is 0 Å². The van der Waals surface area contributed by atoms with Crippen molar-refractivity contribution in [3.8, 4) is 5.75 Å². The normalized spacial score (nSPS) is 14.3. The molecule has 3 rings (SSSR count). The van der Waals surface area contributed by atoms with Gasteiger partial charge >= 0.3 is 35.6 Å². The van der Waals surface area contributed by atoms with E-state index in [0.717, 1.165) is 24.0 Å². The van der Waals surface area contributed by atoms with Crippen molar-refractivity contribution in [2.45, 2.75) is 40.0 Å². The van der Waals surface area contributed by atoms with E-state index in [1.165, 1.54) is 41.4 Å². The van der Waals surface area contributed by atoms with Crippen LogP contribution in [0.15, 0.2) is 30.3 Å². The summed E-state index contributed by atoms with van der Waals surface area (Å²) in [7, 11) is 10.3. The molecule has 0 bridgehead atoms. The van der Waals surface area contributed by atoms with E-state index in [1.807, 2.05) is 13.0 Å². The van der Waals surface area contributed by atoms with Gasteiger partial charge in [0, 0.05) is 29.4 Å².